The third-order valence-electron chi connectivity index (χ3n) is 3.11. The number of alkyl halides is 3. The predicted molar refractivity (Wildman–Crippen MR) is 64.4 cm³/mol. The van der Waals surface area contributed by atoms with Gasteiger partial charge in [-0.05, 0) is 44.0 Å². The first kappa shape index (κ1) is 13.2. The second kappa shape index (κ2) is 5.61. The van der Waals surface area contributed by atoms with Crippen LogP contribution in [0.1, 0.15) is 18.4 Å². The zero-order valence-electron chi connectivity index (χ0n) is 9.98. The third-order valence-corrected chi connectivity index (χ3v) is 3.11. The molecule has 0 bridgehead atoms. The topological polar surface area (TPSA) is 24.1 Å². The fourth-order valence-corrected chi connectivity index (χ4v) is 2.10. The van der Waals surface area contributed by atoms with Crippen LogP contribution in [0.4, 0.5) is 18.9 Å². The summed E-state index contributed by atoms with van der Waals surface area (Å²) in [6, 6.07) is 6.24. The molecule has 1 aliphatic rings. The molecule has 0 spiro atoms. The molecule has 1 aromatic rings. The normalized spacial score (nSPS) is 20.7. The minimum absolute atomic E-state index is 0.412. The molecule has 2 rings (SSSR count). The Balaban J connectivity index is 1.92. The van der Waals surface area contributed by atoms with Crippen LogP contribution in [0.25, 0.3) is 0 Å². The van der Waals surface area contributed by atoms with E-state index in [9.17, 15) is 13.2 Å². The van der Waals surface area contributed by atoms with Gasteiger partial charge in [0.2, 0.25) is 0 Å². The average Bonchev–Trinajstić information content (AvgIpc) is 2.37. The van der Waals surface area contributed by atoms with Crippen LogP contribution in [0.15, 0.2) is 18.2 Å². The number of hydrogen-bond acceptors (Lipinski definition) is 2. The van der Waals surface area contributed by atoms with Gasteiger partial charge in [0.15, 0.2) is 0 Å². The summed E-state index contributed by atoms with van der Waals surface area (Å²) >= 11 is 0. The molecule has 2 nitrogen and oxygen atoms in total. The van der Waals surface area contributed by atoms with E-state index in [0.717, 1.165) is 38.1 Å². The summed E-state index contributed by atoms with van der Waals surface area (Å²) in [5.74, 6) is 0.474. The zero-order valence-corrected chi connectivity index (χ0v) is 9.98. The number of benzene rings is 1. The van der Waals surface area contributed by atoms with Crippen molar-refractivity contribution in [2.24, 2.45) is 5.92 Å². The lowest BCUT2D eigenvalue weighted by Gasteiger charge is -2.23. The van der Waals surface area contributed by atoms with Crippen molar-refractivity contribution in [2.75, 3.05) is 25.0 Å². The van der Waals surface area contributed by atoms with Crippen LogP contribution in [0, 0.1) is 12.0 Å². The minimum Gasteiger partial charge on any atom is -0.384 e. The van der Waals surface area contributed by atoms with E-state index in [1.165, 1.54) is 6.07 Å². The van der Waals surface area contributed by atoms with Gasteiger partial charge in [-0.1, -0.05) is 6.07 Å². The molecule has 99 valence electrons. The molecular weight excluding hydrogens is 241 g/mol. The van der Waals surface area contributed by atoms with Crippen LogP contribution in [-0.4, -0.2) is 19.6 Å². The molecule has 1 unspecified atom stereocenters. The van der Waals surface area contributed by atoms with E-state index in [2.05, 4.69) is 16.7 Å². The Labute approximate surface area is 105 Å². The molecule has 0 aromatic heterocycles. The number of piperidine rings is 1. The van der Waals surface area contributed by atoms with Crippen molar-refractivity contribution in [1.29, 1.82) is 0 Å². The SMILES string of the molecule is FC(F)(F)c1cc[c]c(NCC2CCCNC2)c1. The molecule has 1 saturated heterocycles. The van der Waals surface area contributed by atoms with Gasteiger partial charge < -0.3 is 10.6 Å². The van der Waals surface area contributed by atoms with Crippen molar-refractivity contribution < 1.29 is 13.2 Å². The fourth-order valence-electron chi connectivity index (χ4n) is 2.10. The Kier molecular flexibility index (Phi) is 4.11. The molecule has 5 heteroatoms. The van der Waals surface area contributed by atoms with Gasteiger partial charge in [-0.3, -0.25) is 0 Å². The maximum Gasteiger partial charge on any atom is 0.416 e. The Bertz CT molecular complexity index is 384. The van der Waals surface area contributed by atoms with Crippen LogP contribution in [0.3, 0.4) is 0 Å². The molecule has 0 amide bonds. The first-order valence-electron chi connectivity index (χ1n) is 6.09. The van der Waals surface area contributed by atoms with Crippen LogP contribution < -0.4 is 10.6 Å². The summed E-state index contributed by atoms with van der Waals surface area (Å²) in [6.07, 6.45) is -2.06. The van der Waals surface area contributed by atoms with Crippen LogP contribution in [0.5, 0.6) is 0 Å². The number of nitrogens with one attached hydrogen (secondary N) is 2. The molecule has 0 aliphatic carbocycles. The number of halogens is 3. The predicted octanol–water partition coefficient (Wildman–Crippen LogP) is 2.92. The zero-order chi connectivity index (χ0) is 13.0. The summed E-state index contributed by atoms with van der Waals surface area (Å²) < 4.78 is 37.5. The molecule has 2 N–H and O–H groups in total. The van der Waals surface area contributed by atoms with Crippen molar-refractivity contribution in [3.63, 3.8) is 0 Å². The van der Waals surface area contributed by atoms with Gasteiger partial charge in [-0.15, -0.1) is 0 Å². The van der Waals surface area contributed by atoms with E-state index in [0.29, 0.717) is 18.2 Å². The van der Waals surface area contributed by atoms with E-state index in [1.807, 2.05) is 0 Å². The second-order valence-corrected chi connectivity index (χ2v) is 4.58. The first-order valence-corrected chi connectivity index (χ1v) is 6.09. The summed E-state index contributed by atoms with van der Waals surface area (Å²) in [6.45, 7) is 2.64. The Morgan fingerprint density at radius 3 is 2.94 bits per heavy atom. The van der Waals surface area contributed by atoms with Crippen molar-refractivity contribution in [1.82, 2.24) is 5.32 Å². The van der Waals surface area contributed by atoms with E-state index >= 15 is 0 Å². The number of anilines is 1. The van der Waals surface area contributed by atoms with Gasteiger partial charge in [0.05, 0.1) is 5.56 Å². The maximum absolute atomic E-state index is 12.5. The summed E-state index contributed by atoms with van der Waals surface area (Å²) in [7, 11) is 0. The molecule has 1 radical (unpaired) electrons. The van der Waals surface area contributed by atoms with E-state index in [4.69, 9.17) is 0 Å². The molecular formula is C13H16F3N2. The number of hydrogen-bond donors (Lipinski definition) is 2. The molecule has 0 saturated carbocycles. The van der Waals surface area contributed by atoms with E-state index < -0.39 is 11.7 Å². The molecule has 1 heterocycles. The first-order chi connectivity index (χ1) is 8.55. The molecule has 18 heavy (non-hydrogen) atoms. The highest BCUT2D eigenvalue weighted by molar-refractivity contribution is 5.45. The molecule has 1 aliphatic heterocycles. The monoisotopic (exact) mass is 257 g/mol. The highest BCUT2D eigenvalue weighted by Gasteiger charge is 2.30. The van der Waals surface area contributed by atoms with Gasteiger partial charge in [0.1, 0.15) is 0 Å². The Hall–Kier alpha value is -1.23. The summed E-state index contributed by atoms with van der Waals surface area (Å²) in [5.41, 5.74) is -0.221. The van der Waals surface area contributed by atoms with Gasteiger partial charge in [0, 0.05) is 18.3 Å². The van der Waals surface area contributed by atoms with Crippen LogP contribution in [0.2, 0.25) is 0 Å². The third kappa shape index (κ3) is 3.63. The Morgan fingerprint density at radius 1 is 1.44 bits per heavy atom. The quantitative estimate of drug-likeness (QED) is 0.870. The van der Waals surface area contributed by atoms with Crippen LogP contribution >= 0.6 is 0 Å². The maximum atomic E-state index is 12.5. The number of rotatable bonds is 3. The summed E-state index contributed by atoms with van der Waals surface area (Å²) in [5, 5.41) is 6.31. The van der Waals surface area contributed by atoms with Gasteiger partial charge in [0.25, 0.3) is 0 Å². The lowest BCUT2D eigenvalue weighted by atomic mass is 9.99. The Morgan fingerprint density at radius 2 is 2.28 bits per heavy atom. The lowest BCUT2D eigenvalue weighted by Crippen LogP contribution is -2.33. The van der Waals surface area contributed by atoms with Gasteiger partial charge in [-0.25, -0.2) is 0 Å². The van der Waals surface area contributed by atoms with Crippen LogP contribution in [-0.2, 0) is 6.18 Å². The van der Waals surface area contributed by atoms with E-state index in [1.54, 1.807) is 0 Å². The highest BCUT2D eigenvalue weighted by Crippen LogP contribution is 2.30. The lowest BCUT2D eigenvalue weighted by molar-refractivity contribution is -0.137. The average molecular weight is 257 g/mol. The van der Waals surface area contributed by atoms with Crippen molar-refractivity contribution in [2.45, 2.75) is 19.0 Å². The second-order valence-electron chi connectivity index (χ2n) is 4.58. The van der Waals surface area contributed by atoms with Crippen molar-refractivity contribution in [3.8, 4) is 0 Å². The molecule has 1 aromatic carbocycles. The van der Waals surface area contributed by atoms with Crippen molar-refractivity contribution in [3.05, 3.63) is 29.8 Å². The largest absolute Gasteiger partial charge is 0.416 e. The van der Waals surface area contributed by atoms with Crippen molar-refractivity contribution >= 4 is 5.69 Å². The minimum atomic E-state index is -4.29. The van der Waals surface area contributed by atoms with Gasteiger partial charge in [-0.2, -0.15) is 13.2 Å². The van der Waals surface area contributed by atoms with E-state index in [-0.39, 0.29) is 0 Å². The molecule has 1 fully saturated rings. The smallest absolute Gasteiger partial charge is 0.384 e. The van der Waals surface area contributed by atoms with Gasteiger partial charge >= 0.3 is 6.18 Å². The molecule has 1 atom stereocenters. The summed E-state index contributed by atoms with van der Waals surface area (Å²) in [4.78, 5) is 0. The highest BCUT2D eigenvalue weighted by atomic mass is 19.4. The standard InChI is InChI=1S/C13H16F3N2/c14-13(15,16)11-4-1-5-12(7-11)18-9-10-3-2-6-17-8-10/h1,4,7,10,17-18H,2-3,6,8-9H2. The fraction of sp³-hybridized carbons (Fsp3) is 0.538.